The number of methoxy groups -OCH3 is 1. The van der Waals surface area contributed by atoms with Gasteiger partial charge in [-0.2, -0.15) is 0 Å². The molecule has 0 fully saturated rings. The predicted octanol–water partition coefficient (Wildman–Crippen LogP) is 2.47. The number of nitrogens with zero attached hydrogens (tertiary/aromatic N) is 1. The van der Waals surface area contributed by atoms with Gasteiger partial charge in [0, 0.05) is 18.3 Å². The van der Waals surface area contributed by atoms with Crippen LogP contribution in [0.15, 0.2) is 42.6 Å². The molecule has 16 heavy (non-hydrogen) atoms. The van der Waals surface area contributed by atoms with Crippen LogP contribution in [0.4, 0.5) is 0 Å². The summed E-state index contributed by atoms with van der Waals surface area (Å²) in [5.74, 6) is 1.42. The smallest absolute Gasteiger partial charge is 0.131 e. The summed E-state index contributed by atoms with van der Waals surface area (Å²) < 4.78 is 10.6. The third-order valence-corrected chi connectivity index (χ3v) is 2.08. The van der Waals surface area contributed by atoms with Gasteiger partial charge in [0.2, 0.25) is 0 Å². The molecule has 1 aromatic carbocycles. The van der Waals surface area contributed by atoms with Gasteiger partial charge in [-0.3, -0.25) is 4.98 Å². The normalized spacial score (nSPS) is 9.81. The van der Waals surface area contributed by atoms with Crippen molar-refractivity contribution in [2.45, 2.75) is 6.61 Å². The van der Waals surface area contributed by atoms with Crippen LogP contribution in [0.25, 0.3) is 0 Å². The van der Waals surface area contributed by atoms with Gasteiger partial charge in [0.25, 0.3) is 0 Å². The molecule has 81 valence electrons. The molecule has 1 heterocycles. The van der Waals surface area contributed by atoms with E-state index in [0.717, 1.165) is 11.4 Å². The molecular formula is C13H12NO2. The molecule has 0 amide bonds. The van der Waals surface area contributed by atoms with Crippen LogP contribution in [-0.4, -0.2) is 12.1 Å². The Balaban J connectivity index is 1.99. The number of ether oxygens (including phenoxy) is 2. The minimum Gasteiger partial charge on any atom is -0.497 e. The third kappa shape index (κ3) is 2.73. The standard InChI is InChI=1S/C13H12NO2/c1-15-12-6-4-7-13(9-12)16-10-11-5-2-3-8-14-11/h2-6,8-9H,10H2,1H3. The maximum atomic E-state index is 5.54. The van der Waals surface area contributed by atoms with Crippen LogP contribution >= 0.6 is 0 Å². The summed E-state index contributed by atoms with van der Waals surface area (Å²) in [6.07, 6.45) is 1.74. The van der Waals surface area contributed by atoms with Crippen molar-refractivity contribution >= 4 is 0 Å². The van der Waals surface area contributed by atoms with E-state index in [1.807, 2.05) is 24.3 Å². The summed E-state index contributed by atoms with van der Waals surface area (Å²) in [6, 6.07) is 14.1. The molecule has 3 heteroatoms. The Morgan fingerprint density at radius 1 is 1.31 bits per heavy atom. The Labute approximate surface area is 94.7 Å². The van der Waals surface area contributed by atoms with Gasteiger partial charge in [0.15, 0.2) is 0 Å². The zero-order valence-corrected chi connectivity index (χ0v) is 9.01. The van der Waals surface area contributed by atoms with E-state index in [0.29, 0.717) is 12.4 Å². The first-order valence-corrected chi connectivity index (χ1v) is 4.97. The van der Waals surface area contributed by atoms with Crippen molar-refractivity contribution < 1.29 is 9.47 Å². The Hall–Kier alpha value is -2.03. The van der Waals surface area contributed by atoms with Crippen molar-refractivity contribution in [3.63, 3.8) is 0 Å². The van der Waals surface area contributed by atoms with Crippen LogP contribution in [0.5, 0.6) is 11.5 Å². The molecule has 0 saturated heterocycles. The van der Waals surface area contributed by atoms with Gasteiger partial charge in [-0.1, -0.05) is 6.07 Å². The maximum absolute atomic E-state index is 5.54. The van der Waals surface area contributed by atoms with E-state index in [-0.39, 0.29) is 0 Å². The number of benzene rings is 1. The molecular weight excluding hydrogens is 202 g/mol. The summed E-state index contributed by atoms with van der Waals surface area (Å²) in [6.45, 7) is 0.435. The lowest BCUT2D eigenvalue weighted by Gasteiger charge is -2.06. The van der Waals surface area contributed by atoms with Crippen LogP contribution in [0.3, 0.4) is 0 Å². The molecule has 0 aliphatic heterocycles. The fourth-order valence-corrected chi connectivity index (χ4v) is 1.27. The maximum Gasteiger partial charge on any atom is 0.131 e. The van der Waals surface area contributed by atoms with E-state index in [1.165, 1.54) is 0 Å². The Bertz CT molecular complexity index is 443. The van der Waals surface area contributed by atoms with Gasteiger partial charge in [-0.15, -0.1) is 0 Å². The highest BCUT2D eigenvalue weighted by Crippen LogP contribution is 2.18. The molecule has 2 rings (SSSR count). The van der Waals surface area contributed by atoms with Gasteiger partial charge < -0.3 is 9.47 Å². The van der Waals surface area contributed by atoms with E-state index < -0.39 is 0 Å². The van der Waals surface area contributed by atoms with Crippen molar-refractivity contribution in [3.05, 3.63) is 54.4 Å². The fourth-order valence-electron chi connectivity index (χ4n) is 1.27. The number of hydrogen-bond donors (Lipinski definition) is 0. The highest BCUT2D eigenvalue weighted by atomic mass is 16.5. The molecule has 2 aromatic rings. The van der Waals surface area contributed by atoms with Crippen molar-refractivity contribution in [2.75, 3.05) is 7.11 Å². The number of rotatable bonds is 4. The van der Waals surface area contributed by atoms with Crippen molar-refractivity contribution in [3.8, 4) is 11.5 Å². The Kier molecular flexibility index (Phi) is 3.38. The molecule has 0 saturated carbocycles. The second-order valence-corrected chi connectivity index (χ2v) is 3.20. The van der Waals surface area contributed by atoms with E-state index >= 15 is 0 Å². The first-order chi connectivity index (χ1) is 7.88. The van der Waals surface area contributed by atoms with Gasteiger partial charge in [0.1, 0.15) is 18.1 Å². The minimum atomic E-state index is 0.435. The van der Waals surface area contributed by atoms with Crippen molar-refractivity contribution in [2.24, 2.45) is 0 Å². The molecule has 0 spiro atoms. The lowest BCUT2D eigenvalue weighted by atomic mass is 10.3. The van der Waals surface area contributed by atoms with Crippen LogP contribution < -0.4 is 9.47 Å². The molecule has 0 atom stereocenters. The van der Waals surface area contributed by atoms with E-state index in [2.05, 4.69) is 11.1 Å². The zero-order valence-electron chi connectivity index (χ0n) is 9.01. The summed E-state index contributed by atoms with van der Waals surface area (Å²) in [5.41, 5.74) is 0.888. The monoisotopic (exact) mass is 214 g/mol. The lowest BCUT2D eigenvalue weighted by Crippen LogP contribution is -1.97. The van der Waals surface area contributed by atoms with Gasteiger partial charge in [-0.05, 0) is 24.3 Å². The van der Waals surface area contributed by atoms with Crippen molar-refractivity contribution in [1.82, 2.24) is 4.98 Å². The zero-order chi connectivity index (χ0) is 11.2. The number of pyridine rings is 1. The second-order valence-electron chi connectivity index (χ2n) is 3.20. The molecule has 0 aliphatic carbocycles. The molecule has 1 aromatic heterocycles. The summed E-state index contributed by atoms with van der Waals surface area (Å²) in [4.78, 5) is 4.17. The molecule has 1 radical (unpaired) electrons. The van der Waals surface area contributed by atoms with Crippen molar-refractivity contribution in [1.29, 1.82) is 0 Å². The van der Waals surface area contributed by atoms with E-state index in [9.17, 15) is 0 Å². The quantitative estimate of drug-likeness (QED) is 0.783. The average molecular weight is 214 g/mol. The molecule has 0 N–H and O–H groups in total. The molecule has 0 aliphatic rings. The Morgan fingerprint density at radius 2 is 2.25 bits per heavy atom. The highest BCUT2D eigenvalue weighted by Gasteiger charge is 1.98. The molecule has 3 nitrogen and oxygen atoms in total. The van der Waals surface area contributed by atoms with Gasteiger partial charge >= 0.3 is 0 Å². The fraction of sp³-hybridized carbons (Fsp3) is 0.154. The van der Waals surface area contributed by atoms with Crippen LogP contribution in [-0.2, 0) is 6.61 Å². The number of hydrogen-bond acceptors (Lipinski definition) is 3. The SMILES string of the molecule is COc1cc[c]c(OCc2ccccn2)c1. The number of aromatic nitrogens is 1. The second kappa shape index (κ2) is 5.16. The minimum absolute atomic E-state index is 0.435. The van der Waals surface area contributed by atoms with Crippen LogP contribution in [0, 0.1) is 6.07 Å². The summed E-state index contributed by atoms with van der Waals surface area (Å²) in [7, 11) is 1.62. The summed E-state index contributed by atoms with van der Waals surface area (Å²) >= 11 is 0. The first-order valence-electron chi connectivity index (χ1n) is 4.97. The third-order valence-electron chi connectivity index (χ3n) is 2.08. The largest absolute Gasteiger partial charge is 0.497 e. The van der Waals surface area contributed by atoms with Crippen LogP contribution in [0.1, 0.15) is 5.69 Å². The Morgan fingerprint density at radius 3 is 3.00 bits per heavy atom. The topological polar surface area (TPSA) is 31.4 Å². The molecule has 0 unspecified atom stereocenters. The van der Waals surface area contributed by atoms with Gasteiger partial charge in [-0.25, -0.2) is 0 Å². The average Bonchev–Trinajstić information content (AvgIpc) is 2.38. The van der Waals surface area contributed by atoms with Crippen LogP contribution in [0.2, 0.25) is 0 Å². The predicted molar refractivity (Wildman–Crippen MR) is 60.4 cm³/mol. The van der Waals surface area contributed by atoms with E-state index in [4.69, 9.17) is 9.47 Å². The first kappa shape index (κ1) is 10.5. The highest BCUT2D eigenvalue weighted by molar-refractivity contribution is 5.31. The van der Waals surface area contributed by atoms with E-state index in [1.54, 1.807) is 25.4 Å². The summed E-state index contributed by atoms with van der Waals surface area (Å²) in [5, 5.41) is 0. The molecule has 0 bridgehead atoms. The van der Waals surface area contributed by atoms with Gasteiger partial charge in [0.05, 0.1) is 12.8 Å². The lowest BCUT2D eigenvalue weighted by molar-refractivity contribution is 0.298.